The SMILES string of the molecule is CC1CC2C(Br)C3CCCNC3CC2C1[Si](C)(C)C1C(C)CC2C(Br)C3CCCNC3CC21. The Morgan fingerprint density at radius 3 is 1.45 bits per heavy atom. The van der Waals surface area contributed by atoms with E-state index < -0.39 is 8.07 Å². The number of piperidine rings is 2. The maximum absolute atomic E-state index is 4.32. The molecular formula is C28H48Br2N2Si. The molecule has 2 aliphatic heterocycles. The van der Waals surface area contributed by atoms with Crippen molar-refractivity contribution in [1.82, 2.24) is 10.6 Å². The molecule has 2 N–H and O–H groups in total. The lowest BCUT2D eigenvalue weighted by Crippen LogP contribution is -2.56. The van der Waals surface area contributed by atoms with Gasteiger partial charge in [0.05, 0.1) is 8.07 Å². The third-order valence-electron chi connectivity index (χ3n) is 12.2. The summed E-state index contributed by atoms with van der Waals surface area (Å²) in [5.74, 6) is 7.42. The van der Waals surface area contributed by atoms with Gasteiger partial charge in [0.15, 0.2) is 0 Å². The van der Waals surface area contributed by atoms with E-state index in [0.717, 1.165) is 80.2 Å². The lowest BCUT2D eigenvalue weighted by atomic mass is 9.70. The van der Waals surface area contributed by atoms with E-state index in [1.54, 1.807) is 0 Å². The second kappa shape index (κ2) is 9.13. The Hall–Kier alpha value is 1.10. The molecule has 188 valence electrons. The number of rotatable bonds is 2. The molecule has 0 radical (unpaired) electrons. The van der Waals surface area contributed by atoms with Crippen LogP contribution in [0.3, 0.4) is 0 Å². The average molecular weight is 601 g/mol. The number of nitrogens with one attached hydrogen (secondary N) is 2. The van der Waals surface area contributed by atoms with Gasteiger partial charge in [-0.15, -0.1) is 0 Å². The predicted molar refractivity (Wildman–Crippen MR) is 150 cm³/mol. The van der Waals surface area contributed by atoms with Gasteiger partial charge in [-0.25, -0.2) is 0 Å². The average Bonchev–Trinajstić information content (AvgIpc) is 3.31. The van der Waals surface area contributed by atoms with E-state index in [9.17, 15) is 0 Å². The number of fused-ring (bicyclic) bond motifs is 4. The fraction of sp³-hybridized carbons (Fsp3) is 1.00. The van der Waals surface area contributed by atoms with Crippen molar-refractivity contribution in [3.63, 3.8) is 0 Å². The van der Waals surface area contributed by atoms with Crippen molar-refractivity contribution < 1.29 is 0 Å². The van der Waals surface area contributed by atoms with Crippen LogP contribution in [0.2, 0.25) is 24.2 Å². The molecule has 0 bridgehead atoms. The van der Waals surface area contributed by atoms with Gasteiger partial charge in [0.25, 0.3) is 0 Å². The number of alkyl halides is 2. The highest BCUT2D eigenvalue weighted by molar-refractivity contribution is 9.09. The van der Waals surface area contributed by atoms with Crippen molar-refractivity contribution in [2.75, 3.05) is 13.1 Å². The zero-order valence-corrected chi connectivity index (χ0v) is 25.6. The van der Waals surface area contributed by atoms with Crippen molar-refractivity contribution in [3.05, 3.63) is 0 Å². The molecule has 0 spiro atoms. The first kappa shape index (κ1) is 24.4. The minimum absolute atomic E-state index is 0.758. The monoisotopic (exact) mass is 598 g/mol. The van der Waals surface area contributed by atoms with Crippen molar-refractivity contribution in [3.8, 4) is 0 Å². The van der Waals surface area contributed by atoms with Gasteiger partial charge in [0.2, 0.25) is 0 Å². The Labute approximate surface area is 221 Å². The first-order valence-electron chi connectivity index (χ1n) is 14.5. The zero-order valence-electron chi connectivity index (χ0n) is 21.4. The topological polar surface area (TPSA) is 24.1 Å². The summed E-state index contributed by atoms with van der Waals surface area (Å²) in [5, 5.41) is 7.96. The highest BCUT2D eigenvalue weighted by atomic mass is 79.9. The summed E-state index contributed by atoms with van der Waals surface area (Å²) in [4.78, 5) is 1.52. The molecule has 6 aliphatic rings. The van der Waals surface area contributed by atoms with Crippen LogP contribution < -0.4 is 10.6 Å². The lowest BCUT2D eigenvalue weighted by molar-refractivity contribution is 0.132. The van der Waals surface area contributed by atoms with Gasteiger partial charge in [0, 0.05) is 21.7 Å². The maximum atomic E-state index is 4.32. The van der Waals surface area contributed by atoms with Gasteiger partial charge >= 0.3 is 0 Å². The quantitative estimate of drug-likeness (QED) is 0.262. The van der Waals surface area contributed by atoms with Gasteiger partial charge in [-0.1, -0.05) is 58.8 Å². The fourth-order valence-electron chi connectivity index (χ4n) is 11.5. The number of halogens is 2. The van der Waals surface area contributed by atoms with Crippen LogP contribution in [0.5, 0.6) is 0 Å². The van der Waals surface area contributed by atoms with Crippen LogP contribution in [0, 0.1) is 47.3 Å². The number of hydrogen-bond acceptors (Lipinski definition) is 2. The summed E-state index contributed by atoms with van der Waals surface area (Å²) in [6.07, 6.45) is 11.6. The van der Waals surface area contributed by atoms with E-state index in [0.29, 0.717) is 0 Å². The predicted octanol–water partition coefficient (Wildman–Crippen LogP) is 7.05. The molecule has 5 heteroatoms. The standard InChI is InChI=1S/C28H48Br2N2Si/c1-15-11-19-21(13-23-17(25(19)29)7-5-9-31-23)27(15)33(3,4)28-16(2)12-20-22(28)14-24-18(26(20)30)8-6-10-32-24/h15-28,31-32H,5-14H2,1-4H3. The van der Waals surface area contributed by atoms with E-state index in [2.05, 4.69) is 69.4 Å². The van der Waals surface area contributed by atoms with Gasteiger partial charge < -0.3 is 10.6 Å². The second-order valence-electron chi connectivity index (χ2n) is 14.0. The summed E-state index contributed by atoms with van der Waals surface area (Å²) >= 11 is 8.63. The lowest BCUT2D eigenvalue weighted by Gasteiger charge is -2.53. The van der Waals surface area contributed by atoms with Crippen LogP contribution in [0.25, 0.3) is 0 Å². The first-order chi connectivity index (χ1) is 15.8. The Morgan fingerprint density at radius 1 is 0.606 bits per heavy atom. The third-order valence-corrected chi connectivity index (χ3v) is 20.4. The molecule has 4 saturated carbocycles. The van der Waals surface area contributed by atoms with E-state index in [-0.39, 0.29) is 0 Å². The minimum Gasteiger partial charge on any atom is -0.314 e. The van der Waals surface area contributed by atoms with Gasteiger partial charge in [-0.3, -0.25) is 0 Å². The molecule has 4 aliphatic carbocycles. The summed E-state index contributed by atoms with van der Waals surface area (Å²) in [6.45, 7) is 13.6. The zero-order chi connectivity index (χ0) is 23.1. The minimum atomic E-state index is -1.45. The Balaban J connectivity index is 1.28. The van der Waals surface area contributed by atoms with Crippen molar-refractivity contribution in [2.45, 2.75) is 111 Å². The van der Waals surface area contributed by atoms with Crippen molar-refractivity contribution in [2.24, 2.45) is 47.3 Å². The van der Waals surface area contributed by atoms with E-state index in [4.69, 9.17) is 0 Å². The second-order valence-corrected chi connectivity index (χ2v) is 21.1. The van der Waals surface area contributed by atoms with Crippen LogP contribution in [0.15, 0.2) is 0 Å². The molecule has 14 atom stereocenters. The van der Waals surface area contributed by atoms with Crippen molar-refractivity contribution in [1.29, 1.82) is 0 Å². The fourth-order valence-corrected chi connectivity index (χ4v) is 20.6. The normalized spacial score (nSPS) is 56.5. The smallest absolute Gasteiger partial charge is 0.0546 e. The van der Waals surface area contributed by atoms with Crippen LogP contribution in [-0.4, -0.2) is 42.9 Å². The maximum Gasteiger partial charge on any atom is 0.0546 e. The Morgan fingerprint density at radius 2 is 1.03 bits per heavy atom. The van der Waals surface area contributed by atoms with Gasteiger partial charge in [0.1, 0.15) is 0 Å². The molecule has 14 unspecified atom stereocenters. The Kier molecular flexibility index (Phi) is 6.76. The molecule has 0 aromatic rings. The summed E-state index contributed by atoms with van der Waals surface area (Å²) in [7, 11) is -1.45. The van der Waals surface area contributed by atoms with Crippen LogP contribution in [0.1, 0.15) is 65.2 Å². The van der Waals surface area contributed by atoms with Gasteiger partial charge in [-0.2, -0.15) is 0 Å². The summed E-state index contributed by atoms with van der Waals surface area (Å²) < 4.78 is 0. The van der Waals surface area contributed by atoms with E-state index >= 15 is 0 Å². The largest absolute Gasteiger partial charge is 0.314 e. The summed E-state index contributed by atoms with van der Waals surface area (Å²) in [5.41, 5.74) is 2.04. The number of hydrogen-bond donors (Lipinski definition) is 2. The molecular weight excluding hydrogens is 552 g/mol. The molecule has 6 rings (SSSR count). The van der Waals surface area contributed by atoms with Crippen LogP contribution in [0.4, 0.5) is 0 Å². The molecule has 0 aromatic carbocycles. The molecule has 2 saturated heterocycles. The molecule has 2 nitrogen and oxygen atoms in total. The molecule has 0 amide bonds. The highest BCUT2D eigenvalue weighted by Gasteiger charge is 2.62. The highest BCUT2D eigenvalue weighted by Crippen LogP contribution is 2.66. The molecule has 6 fully saturated rings. The molecule has 2 heterocycles. The first-order valence-corrected chi connectivity index (χ1v) is 19.5. The summed E-state index contributed by atoms with van der Waals surface area (Å²) in [6, 6.07) is 1.56. The molecule has 33 heavy (non-hydrogen) atoms. The van der Waals surface area contributed by atoms with E-state index in [1.165, 1.54) is 64.5 Å². The van der Waals surface area contributed by atoms with Crippen LogP contribution >= 0.6 is 31.9 Å². The molecule has 0 aromatic heterocycles. The Bertz CT molecular complexity index is 675. The van der Waals surface area contributed by atoms with E-state index in [1.807, 2.05) is 0 Å². The van der Waals surface area contributed by atoms with Crippen LogP contribution in [-0.2, 0) is 0 Å². The third kappa shape index (κ3) is 3.86. The van der Waals surface area contributed by atoms with Crippen molar-refractivity contribution >= 4 is 39.9 Å². The van der Waals surface area contributed by atoms with Gasteiger partial charge in [-0.05, 0) is 123 Å².